The number of aliphatic hydroxyl groups is 1. The van der Waals surface area contributed by atoms with E-state index in [-0.39, 0.29) is 12.2 Å². The molecule has 0 aromatic heterocycles. The van der Waals surface area contributed by atoms with E-state index in [9.17, 15) is 5.11 Å². The molecule has 5 nitrogen and oxygen atoms in total. The van der Waals surface area contributed by atoms with E-state index in [1.165, 1.54) is 11.1 Å². The summed E-state index contributed by atoms with van der Waals surface area (Å²) in [6, 6.07) is 21.5. The first-order valence-electron chi connectivity index (χ1n) is 13.5. The number of ether oxygens (including phenoxy) is 4. The van der Waals surface area contributed by atoms with Crippen LogP contribution in [0.1, 0.15) is 80.8 Å². The lowest BCUT2D eigenvalue weighted by Crippen LogP contribution is -2.39. The van der Waals surface area contributed by atoms with Crippen molar-refractivity contribution in [2.75, 3.05) is 13.2 Å². The quantitative estimate of drug-likeness (QED) is 0.600. The number of aliphatic hydroxyl groups excluding tert-OH is 1. The first kappa shape index (κ1) is 23.6. The highest BCUT2D eigenvalue weighted by Gasteiger charge is 2.49. The molecule has 0 radical (unpaired) electrons. The fourth-order valence-corrected chi connectivity index (χ4v) is 6.68. The Bertz CT molecular complexity index is 947. The maximum Gasteiger partial charge on any atom is 0.169 e. The van der Waals surface area contributed by atoms with Crippen molar-refractivity contribution in [1.29, 1.82) is 0 Å². The van der Waals surface area contributed by atoms with Gasteiger partial charge in [-0.15, -0.1) is 0 Å². The Kier molecular flexibility index (Phi) is 6.72. The van der Waals surface area contributed by atoms with E-state index >= 15 is 0 Å². The highest BCUT2D eigenvalue weighted by molar-refractivity contribution is 5.21. The van der Waals surface area contributed by atoms with Crippen molar-refractivity contribution in [1.82, 2.24) is 0 Å². The van der Waals surface area contributed by atoms with Crippen molar-refractivity contribution in [2.24, 2.45) is 0 Å². The second-order valence-electron chi connectivity index (χ2n) is 11.0. The van der Waals surface area contributed by atoms with E-state index in [1.54, 1.807) is 0 Å². The molecule has 2 saturated heterocycles. The predicted molar refractivity (Wildman–Crippen MR) is 133 cm³/mol. The maximum absolute atomic E-state index is 11.0. The molecule has 0 unspecified atom stereocenters. The van der Waals surface area contributed by atoms with Gasteiger partial charge >= 0.3 is 0 Å². The van der Waals surface area contributed by atoms with Crippen LogP contribution in [0.15, 0.2) is 60.7 Å². The third kappa shape index (κ3) is 5.07. The van der Waals surface area contributed by atoms with Crippen molar-refractivity contribution < 1.29 is 24.1 Å². The number of benzene rings is 2. The molecule has 0 bridgehead atoms. The Balaban J connectivity index is 0.973. The van der Waals surface area contributed by atoms with Crippen LogP contribution < -0.4 is 0 Å². The molecule has 6 rings (SSSR count). The van der Waals surface area contributed by atoms with Gasteiger partial charge in [0.1, 0.15) is 6.10 Å². The zero-order valence-electron chi connectivity index (χ0n) is 20.5. The average Bonchev–Trinajstić information content (AvgIpc) is 3.50. The first-order valence-corrected chi connectivity index (χ1v) is 13.5. The van der Waals surface area contributed by atoms with Gasteiger partial charge < -0.3 is 24.1 Å². The van der Waals surface area contributed by atoms with E-state index < -0.39 is 17.7 Å². The predicted octanol–water partition coefficient (Wildman–Crippen LogP) is 5.68. The molecule has 5 heteroatoms. The molecule has 2 aromatic carbocycles. The molecule has 2 aromatic rings. The monoisotopic (exact) mass is 478 g/mol. The van der Waals surface area contributed by atoms with Gasteiger partial charge in [-0.25, -0.2) is 0 Å². The highest BCUT2D eigenvalue weighted by atomic mass is 16.8. The van der Waals surface area contributed by atoms with Crippen molar-refractivity contribution in [3.63, 3.8) is 0 Å². The van der Waals surface area contributed by atoms with Crippen LogP contribution in [0.3, 0.4) is 0 Å². The average molecular weight is 479 g/mol. The van der Waals surface area contributed by atoms with Crippen LogP contribution in [0.2, 0.25) is 0 Å². The summed E-state index contributed by atoms with van der Waals surface area (Å²) in [4.78, 5) is 0. The molecular formula is C30H38O5. The molecule has 2 aliphatic heterocycles. The first-order chi connectivity index (χ1) is 17.1. The molecule has 0 amide bonds. The minimum absolute atomic E-state index is 0.0905. The molecule has 2 aliphatic carbocycles. The van der Waals surface area contributed by atoms with Crippen LogP contribution in [0.25, 0.3) is 0 Å². The second kappa shape index (κ2) is 9.95. The van der Waals surface area contributed by atoms with Gasteiger partial charge in [0.05, 0.1) is 25.4 Å². The van der Waals surface area contributed by atoms with Gasteiger partial charge in [-0.2, -0.15) is 0 Å². The zero-order valence-corrected chi connectivity index (χ0v) is 20.5. The zero-order chi connectivity index (χ0) is 23.7. The van der Waals surface area contributed by atoms with Gasteiger partial charge in [0.15, 0.2) is 11.6 Å². The Hall–Kier alpha value is -1.76. The summed E-state index contributed by atoms with van der Waals surface area (Å²) < 4.78 is 25.2. The van der Waals surface area contributed by atoms with Gasteiger partial charge in [0, 0.05) is 32.1 Å². The number of rotatable bonds is 5. The fraction of sp³-hybridized carbons (Fsp3) is 0.600. The van der Waals surface area contributed by atoms with Gasteiger partial charge in [0.25, 0.3) is 0 Å². The van der Waals surface area contributed by atoms with E-state index in [1.807, 2.05) is 0 Å². The Morgan fingerprint density at radius 3 is 1.71 bits per heavy atom. The Morgan fingerprint density at radius 1 is 0.686 bits per heavy atom. The fourth-order valence-electron chi connectivity index (χ4n) is 6.68. The third-order valence-corrected chi connectivity index (χ3v) is 8.76. The lowest BCUT2D eigenvalue weighted by Gasteiger charge is -2.36. The van der Waals surface area contributed by atoms with Crippen LogP contribution in [0.5, 0.6) is 0 Å². The summed E-state index contributed by atoms with van der Waals surface area (Å²) in [5.74, 6) is 0.145. The molecule has 4 fully saturated rings. The van der Waals surface area contributed by atoms with Crippen LogP contribution >= 0.6 is 0 Å². The van der Waals surface area contributed by atoms with Crippen LogP contribution in [0, 0.1) is 0 Å². The third-order valence-electron chi connectivity index (χ3n) is 8.76. The van der Waals surface area contributed by atoms with Gasteiger partial charge in [0.2, 0.25) is 0 Å². The topological polar surface area (TPSA) is 57.2 Å². The maximum atomic E-state index is 11.0. The molecule has 2 heterocycles. The van der Waals surface area contributed by atoms with Crippen LogP contribution in [-0.4, -0.2) is 48.2 Å². The highest BCUT2D eigenvalue weighted by Crippen LogP contribution is 2.46. The molecule has 2 spiro atoms. The lowest BCUT2D eigenvalue weighted by atomic mass is 9.81. The molecule has 3 atom stereocenters. The largest absolute Gasteiger partial charge is 0.390 e. The lowest BCUT2D eigenvalue weighted by molar-refractivity contribution is -0.204. The summed E-state index contributed by atoms with van der Waals surface area (Å²) in [7, 11) is 0. The summed E-state index contributed by atoms with van der Waals surface area (Å²) >= 11 is 0. The SMILES string of the molecule is O[C@H](C[C@@H]1COC2(CCC(c3ccccc3)CC2)O1)[C@@H]1COC2(CCC(c3ccccc3)CC2)O1. The van der Waals surface area contributed by atoms with Gasteiger partial charge in [-0.1, -0.05) is 60.7 Å². The van der Waals surface area contributed by atoms with Crippen molar-refractivity contribution >= 4 is 0 Å². The van der Waals surface area contributed by atoms with Crippen LogP contribution in [-0.2, 0) is 18.9 Å². The second-order valence-corrected chi connectivity index (χ2v) is 11.0. The molecule has 35 heavy (non-hydrogen) atoms. The van der Waals surface area contributed by atoms with E-state index in [0.717, 1.165) is 51.4 Å². The smallest absolute Gasteiger partial charge is 0.169 e. The minimum atomic E-state index is -0.606. The number of hydrogen-bond acceptors (Lipinski definition) is 5. The normalized spacial score (nSPS) is 38.2. The van der Waals surface area contributed by atoms with Crippen LogP contribution in [0.4, 0.5) is 0 Å². The summed E-state index contributed by atoms with van der Waals surface area (Å²) in [5.41, 5.74) is 2.82. The van der Waals surface area contributed by atoms with Crippen molar-refractivity contribution in [3.8, 4) is 0 Å². The minimum Gasteiger partial charge on any atom is -0.390 e. The summed E-state index contributed by atoms with van der Waals surface area (Å²) in [6.45, 7) is 0.999. The van der Waals surface area contributed by atoms with E-state index in [4.69, 9.17) is 18.9 Å². The Labute approximate surface area is 208 Å². The van der Waals surface area contributed by atoms with E-state index in [2.05, 4.69) is 60.7 Å². The number of hydrogen-bond donors (Lipinski definition) is 1. The van der Waals surface area contributed by atoms with Crippen molar-refractivity contribution in [3.05, 3.63) is 71.8 Å². The standard InChI is InChI=1S/C30H38O5/c31-27(28-21-33-30(35-28)17-13-25(14-18-30)23-9-5-2-6-10-23)19-26-20-32-29(34-26)15-11-24(12-16-29)22-7-3-1-4-8-22/h1-10,24-28,31H,11-21H2/t24?,25?,26-,27-,28+,29?,30?/m1/s1. The Morgan fingerprint density at radius 2 is 1.17 bits per heavy atom. The molecule has 188 valence electrons. The van der Waals surface area contributed by atoms with E-state index in [0.29, 0.717) is 31.5 Å². The summed E-state index contributed by atoms with van der Waals surface area (Å²) in [6.07, 6.45) is 7.38. The van der Waals surface area contributed by atoms with Gasteiger partial charge in [-0.3, -0.25) is 0 Å². The summed E-state index contributed by atoms with van der Waals surface area (Å²) in [5, 5.41) is 11.0. The molecule has 4 aliphatic rings. The van der Waals surface area contributed by atoms with Gasteiger partial charge in [-0.05, 0) is 48.6 Å². The molecular weight excluding hydrogens is 440 g/mol. The van der Waals surface area contributed by atoms with Crippen molar-refractivity contribution in [2.45, 2.75) is 99.5 Å². The molecule has 2 saturated carbocycles. The molecule has 1 N–H and O–H groups in total.